The molecular formula is C21H18FN5O. The van der Waals surface area contributed by atoms with Crippen LogP contribution in [0.5, 0.6) is 0 Å². The highest BCUT2D eigenvalue weighted by Crippen LogP contribution is 2.31. The van der Waals surface area contributed by atoms with Gasteiger partial charge in [-0.25, -0.2) is 14.4 Å². The van der Waals surface area contributed by atoms with E-state index in [2.05, 4.69) is 15.0 Å². The van der Waals surface area contributed by atoms with E-state index in [9.17, 15) is 9.18 Å². The van der Waals surface area contributed by atoms with Crippen molar-refractivity contribution in [1.29, 1.82) is 0 Å². The number of carbonyl (C=O) groups excluding carboxylic acids is 1. The summed E-state index contributed by atoms with van der Waals surface area (Å²) in [5.74, 6) is 0.855. The van der Waals surface area contributed by atoms with Crippen LogP contribution in [0.15, 0.2) is 42.5 Å². The number of nitrogens with two attached hydrogens (primary N) is 1. The van der Waals surface area contributed by atoms with Crippen molar-refractivity contribution in [3.63, 3.8) is 0 Å². The molecule has 4 aromatic rings. The largest absolute Gasteiger partial charge is 0.382 e. The molecule has 0 radical (unpaired) electrons. The van der Waals surface area contributed by atoms with Crippen molar-refractivity contribution in [3.8, 4) is 11.1 Å². The molecule has 3 N–H and O–H groups in total. The number of likely N-dealkylation sites (tertiary alicyclic amines) is 1. The van der Waals surface area contributed by atoms with Gasteiger partial charge in [-0.2, -0.15) is 0 Å². The monoisotopic (exact) mass is 375 g/mol. The topological polar surface area (TPSA) is 87.9 Å². The Balaban J connectivity index is 1.61. The first-order valence-electron chi connectivity index (χ1n) is 9.20. The minimum Gasteiger partial charge on any atom is -0.382 e. The zero-order valence-electron chi connectivity index (χ0n) is 15.1. The number of rotatable bonds is 3. The molecule has 28 heavy (non-hydrogen) atoms. The van der Waals surface area contributed by atoms with Gasteiger partial charge in [0.2, 0.25) is 5.91 Å². The van der Waals surface area contributed by atoms with Crippen molar-refractivity contribution in [3.05, 3.63) is 54.1 Å². The number of anilines is 1. The Bertz CT molecular complexity index is 1230. The number of imidazole rings is 1. The van der Waals surface area contributed by atoms with Gasteiger partial charge in [-0.1, -0.05) is 30.3 Å². The summed E-state index contributed by atoms with van der Waals surface area (Å²) in [7, 11) is 0. The first-order chi connectivity index (χ1) is 13.6. The van der Waals surface area contributed by atoms with Crippen LogP contribution in [0, 0.1) is 5.82 Å². The SMILES string of the molecule is Nc1nc2cc(-c3ccccc3F)ccc2c2[nH]c(CN3CCCC3=O)nc12. The second-order valence-corrected chi connectivity index (χ2v) is 7.03. The number of benzene rings is 2. The number of H-pyrrole nitrogens is 1. The quantitative estimate of drug-likeness (QED) is 0.572. The van der Waals surface area contributed by atoms with Crippen LogP contribution in [0.4, 0.5) is 10.2 Å². The van der Waals surface area contributed by atoms with Gasteiger partial charge >= 0.3 is 0 Å². The van der Waals surface area contributed by atoms with Gasteiger partial charge < -0.3 is 15.6 Å². The zero-order chi connectivity index (χ0) is 19.3. The molecule has 1 aliphatic heterocycles. The minimum absolute atomic E-state index is 0.144. The number of carbonyl (C=O) groups is 1. The molecule has 0 unspecified atom stereocenters. The van der Waals surface area contributed by atoms with Crippen LogP contribution in [0.2, 0.25) is 0 Å². The summed E-state index contributed by atoms with van der Waals surface area (Å²) in [6.07, 6.45) is 1.47. The Morgan fingerprint density at radius 3 is 2.82 bits per heavy atom. The second kappa shape index (κ2) is 6.30. The molecule has 7 heteroatoms. The Morgan fingerprint density at radius 1 is 1.18 bits per heavy atom. The number of amides is 1. The van der Waals surface area contributed by atoms with Crippen molar-refractivity contribution in [2.24, 2.45) is 0 Å². The summed E-state index contributed by atoms with van der Waals surface area (Å²) in [5, 5.41) is 0.857. The van der Waals surface area contributed by atoms with Crippen LogP contribution >= 0.6 is 0 Å². The molecule has 2 aromatic carbocycles. The lowest BCUT2D eigenvalue weighted by Gasteiger charge is -2.12. The van der Waals surface area contributed by atoms with E-state index in [0.717, 1.165) is 29.4 Å². The number of halogens is 1. The van der Waals surface area contributed by atoms with Crippen molar-refractivity contribution in [2.75, 3.05) is 12.3 Å². The number of hydrogen-bond donors (Lipinski definition) is 2. The Hall–Kier alpha value is -3.48. The molecule has 0 atom stereocenters. The van der Waals surface area contributed by atoms with Crippen LogP contribution < -0.4 is 5.73 Å². The lowest BCUT2D eigenvalue weighted by atomic mass is 10.0. The zero-order valence-corrected chi connectivity index (χ0v) is 15.1. The van der Waals surface area contributed by atoms with Gasteiger partial charge in [-0.3, -0.25) is 4.79 Å². The van der Waals surface area contributed by atoms with Crippen LogP contribution in [0.1, 0.15) is 18.7 Å². The van der Waals surface area contributed by atoms with Crippen molar-refractivity contribution < 1.29 is 9.18 Å². The summed E-state index contributed by atoms with van der Waals surface area (Å²) in [4.78, 5) is 26.0. The number of aromatic nitrogens is 3. The van der Waals surface area contributed by atoms with Crippen LogP contribution in [-0.4, -0.2) is 32.3 Å². The number of fused-ring (bicyclic) bond motifs is 3. The Kier molecular flexibility index (Phi) is 3.75. The fraction of sp³-hybridized carbons (Fsp3) is 0.190. The molecule has 6 nitrogen and oxygen atoms in total. The van der Waals surface area contributed by atoms with Gasteiger partial charge in [0.25, 0.3) is 0 Å². The van der Waals surface area contributed by atoms with Gasteiger partial charge in [0.15, 0.2) is 5.82 Å². The second-order valence-electron chi connectivity index (χ2n) is 7.03. The van der Waals surface area contributed by atoms with Crippen molar-refractivity contribution >= 4 is 33.7 Å². The summed E-state index contributed by atoms with van der Waals surface area (Å²) in [6.45, 7) is 1.18. The first kappa shape index (κ1) is 16.7. The van der Waals surface area contributed by atoms with E-state index in [4.69, 9.17) is 5.73 Å². The molecule has 0 bridgehead atoms. The maximum absolute atomic E-state index is 14.1. The molecule has 2 aromatic heterocycles. The summed E-state index contributed by atoms with van der Waals surface area (Å²) in [6, 6.07) is 12.2. The molecule has 0 spiro atoms. The number of nitrogens with one attached hydrogen (secondary N) is 1. The lowest BCUT2D eigenvalue weighted by Crippen LogP contribution is -2.24. The standard InChI is InChI=1S/C21H18FN5O/c22-15-5-2-1-4-13(15)12-7-8-14-16(10-12)24-21(23)20-19(14)25-17(26-20)11-27-9-3-6-18(27)28/h1-2,4-5,7-8,10H,3,6,9,11H2,(H2,23,24)(H,25,26). The predicted octanol–water partition coefficient (Wildman–Crippen LogP) is 3.62. The summed E-state index contributed by atoms with van der Waals surface area (Å²) >= 11 is 0. The highest BCUT2D eigenvalue weighted by atomic mass is 19.1. The van der Waals surface area contributed by atoms with Crippen LogP contribution in [0.3, 0.4) is 0 Å². The molecule has 0 aliphatic carbocycles. The Morgan fingerprint density at radius 2 is 2.04 bits per heavy atom. The van der Waals surface area contributed by atoms with Crippen molar-refractivity contribution in [1.82, 2.24) is 19.9 Å². The van der Waals surface area contributed by atoms with Gasteiger partial charge in [0, 0.05) is 23.9 Å². The molecule has 1 fully saturated rings. The molecule has 1 aliphatic rings. The fourth-order valence-electron chi connectivity index (χ4n) is 3.81. The average molecular weight is 375 g/mol. The van der Waals surface area contributed by atoms with E-state index in [-0.39, 0.29) is 11.7 Å². The Labute approximate surface area is 160 Å². The third-order valence-electron chi connectivity index (χ3n) is 5.20. The minimum atomic E-state index is -0.282. The number of pyridine rings is 1. The van der Waals surface area contributed by atoms with Gasteiger partial charge in [-0.15, -0.1) is 0 Å². The van der Waals surface area contributed by atoms with E-state index in [0.29, 0.717) is 41.2 Å². The van der Waals surface area contributed by atoms with E-state index in [1.165, 1.54) is 6.07 Å². The first-order valence-corrected chi connectivity index (χ1v) is 9.20. The van der Waals surface area contributed by atoms with Gasteiger partial charge in [0.1, 0.15) is 17.2 Å². The molecule has 3 heterocycles. The van der Waals surface area contributed by atoms with Crippen LogP contribution in [-0.2, 0) is 11.3 Å². The van der Waals surface area contributed by atoms with Gasteiger partial charge in [0.05, 0.1) is 17.6 Å². The third kappa shape index (κ3) is 2.67. The molecule has 0 saturated carbocycles. The van der Waals surface area contributed by atoms with Gasteiger partial charge in [-0.05, 0) is 24.1 Å². The van der Waals surface area contributed by atoms with E-state index in [1.54, 1.807) is 23.1 Å². The average Bonchev–Trinajstić information content (AvgIpc) is 3.29. The molecule has 1 saturated heterocycles. The van der Waals surface area contributed by atoms with Crippen molar-refractivity contribution in [2.45, 2.75) is 19.4 Å². The highest BCUT2D eigenvalue weighted by molar-refractivity contribution is 6.07. The van der Waals surface area contributed by atoms with E-state index < -0.39 is 0 Å². The summed E-state index contributed by atoms with van der Waals surface area (Å²) in [5.41, 5.74) is 9.43. The maximum atomic E-state index is 14.1. The molecule has 5 rings (SSSR count). The lowest BCUT2D eigenvalue weighted by molar-refractivity contribution is -0.128. The number of hydrogen-bond acceptors (Lipinski definition) is 4. The number of nitrogen functional groups attached to an aromatic ring is 1. The highest BCUT2D eigenvalue weighted by Gasteiger charge is 2.22. The third-order valence-corrected chi connectivity index (χ3v) is 5.20. The number of nitrogens with zero attached hydrogens (tertiary/aromatic N) is 3. The maximum Gasteiger partial charge on any atom is 0.223 e. The smallest absolute Gasteiger partial charge is 0.223 e. The predicted molar refractivity (Wildman–Crippen MR) is 106 cm³/mol. The molecular weight excluding hydrogens is 357 g/mol. The molecule has 140 valence electrons. The van der Waals surface area contributed by atoms with E-state index >= 15 is 0 Å². The normalized spacial score (nSPS) is 14.5. The summed E-state index contributed by atoms with van der Waals surface area (Å²) < 4.78 is 14.1. The number of aromatic amines is 1. The van der Waals surface area contributed by atoms with E-state index in [1.807, 2.05) is 18.2 Å². The fourth-order valence-corrected chi connectivity index (χ4v) is 3.81. The molecule has 1 amide bonds. The van der Waals surface area contributed by atoms with Crippen LogP contribution in [0.25, 0.3) is 33.1 Å².